The number of ether oxygens (including phenoxy) is 1. The van der Waals surface area contributed by atoms with Crippen LogP contribution in [0, 0.1) is 12.7 Å². The van der Waals surface area contributed by atoms with Gasteiger partial charge in [-0.3, -0.25) is 0 Å². The van der Waals surface area contributed by atoms with Crippen molar-refractivity contribution in [1.82, 2.24) is 0 Å². The molecule has 0 saturated heterocycles. The zero-order valence-electron chi connectivity index (χ0n) is 10.8. The van der Waals surface area contributed by atoms with Crippen molar-refractivity contribution in [3.63, 3.8) is 0 Å². The number of rotatable bonds is 4. The second-order valence-electron chi connectivity index (χ2n) is 4.31. The number of halogens is 2. The van der Waals surface area contributed by atoms with E-state index in [0.717, 1.165) is 21.3 Å². The maximum atomic E-state index is 13.7. The Morgan fingerprint density at radius 3 is 2.63 bits per heavy atom. The molecule has 2 aromatic carbocycles. The van der Waals surface area contributed by atoms with Crippen LogP contribution >= 0.6 is 15.9 Å². The van der Waals surface area contributed by atoms with Crippen LogP contribution in [-0.2, 0) is 6.54 Å². The molecule has 0 fully saturated rings. The molecule has 19 heavy (non-hydrogen) atoms. The normalized spacial score (nSPS) is 10.3. The molecule has 1 N–H and O–H groups in total. The summed E-state index contributed by atoms with van der Waals surface area (Å²) in [7, 11) is 1.62. The van der Waals surface area contributed by atoms with E-state index in [1.807, 2.05) is 31.2 Å². The van der Waals surface area contributed by atoms with E-state index < -0.39 is 0 Å². The molecule has 0 aromatic heterocycles. The van der Waals surface area contributed by atoms with Crippen LogP contribution in [0.15, 0.2) is 40.9 Å². The van der Waals surface area contributed by atoms with Crippen molar-refractivity contribution < 1.29 is 9.13 Å². The highest BCUT2D eigenvalue weighted by Gasteiger charge is 2.04. The van der Waals surface area contributed by atoms with E-state index in [4.69, 9.17) is 4.74 Å². The van der Waals surface area contributed by atoms with E-state index in [0.29, 0.717) is 12.2 Å². The standard InChI is InChI=1S/C15H15BrFNO/c1-10-3-5-14(13(17)7-10)18-9-11-4-6-15(19-2)12(16)8-11/h3-8,18H,9H2,1-2H3. The van der Waals surface area contributed by atoms with E-state index in [2.05, 4.69) is 21.2 Å². The Bertz CT molecular complexity index is 586. The van der Waals surface area contributed by atoms with Crippen molar-refractivity contribution in [2.45, 2.75) is 13.5 Å². The lowest BCUT2D eigenvalue weighted by Gasteiger charge is -2.10. The molecule has 0 saturated carbocycles. The number of nitrogens with one attached hydrogen (secondary N) is 1. The Balaban J connectivity index is 2.08. The van der Waals surface area contributed by atoms with Crippen LogP contribution in [0.4, 0.5) is 10.1 Å². The number of aryl methyl sites for hydroxylation is 1. The van der Waals surface area contributed by atoms with Gasteiger partial charge in [0.25, 0.3) is 0 Å². The molecule has 0 heterocycles. The molecular formula is C15H15BrFNO. The van der Waals surface area contributed by atoms with Gasteiger partial charge in [-0.1, -0.05) is 12.1 Å². The zero-order valence-corrected chi connectivity index (χ0v) is 12.4. The fourth-order valence-corrected chi connectivity index (χ4v) is 2.37. The average molecular weight is 324 g/mol. The maximum Gasteiger partial charge on any atom is 0.146 e. The first kappa shape index (κ1) is 13.9. The molecule has 0 amide bonds. The third kappa shape index (κ3) is 3.47. The Morgan fingerprint density at radius 1 is 1.21 bits per heavy atom. The number of hydrogen-bond acceptors (Lipinski definition) is 2. The van der Waals surface area contributed by atoms with Crippen molar-refractivity contribution in [1.29, 1.82) is 0 Å². The van der Waals surface area contributed by atoms with Crippen molar-refractivity contribution in [2.75, 3.05) is 12.4 Å². The summed E-state index contributed by atoms with van der Waals surface area (Å²) in [5.41, 5.74) is 2.47. The molecule has 0 radical (unpaired) electrons. The SMILES string of the molecule is COc1ccc(CNc2ccc(C)cc2F)cc1Br. The quantitative estimate of drug-likeness (QED) is 0.893. The summed E-state index contributed by atoms with van der Waals surface area (Å²) in [4.78, 5) is 0. The van der Waals surface area contributed by atoms with Gasteiger partial charge in [0.15, 0.2) is 0 Å². The molecular weight excluding hydrogens is 309 g/mol. The van der Waals surface area contributed by atoms with Gasteiger partial charge in [0.2, 0.25) is 0 Å². The Hall–Kier alpha value is -1.55. The smallest absolute Gasteiger partial charge is 0.146 e. The van der Waals surface area contributed by atoms with Gasteiger partial charge in [0, 0.05) is 6.54 Å². The maximum absolute atomic E-state index is 13.7. The third-order valence-electron chi connectivity index (χ3n) is 2.82. The number of anilines is 1. The molecule has 100 valence electrons. The second-order valence-corrected chi connectivity index (χ2v) is 5.16. The molecule has 0 aliphatic heterocycles. The molecule has 2 nitrogen and oxygen atoms in total. The van der Waals surface area contributed by atoms with Gasteiger partial charge in [-0.15, -0.1) is 0 Å². The Labute approximate surface area is 120 Å². The van der Waals surface area contributed by atoms with E-state index in [-0.39, 0.29) is 5.82 Å². The second kappa shape index (κ2) is 6.06. The van der Waals surface area contributed by atoms with Crippen LogP contribution in [0.1, 0.15) is 11.1 Å². The molecule has 0 bridgehead atoms. The van der Waals surface area contributed by atoms with E-state index in [1.54, 1.807) is 13.2 Å². The third-order valence-corrected chi connectivity index (χ3v) is 3.44. The van der Waals surface area contributed by atoms with E-state index in [1.165, 1.54) is 6.07 Å². The van der Waals surface area contributed by atoms with Gasteiger partial charge < -0.3 is 10.1 Å². The van der Waals surface area contributed by atoms with Crippen molar-refractivity contribution in [2.24, 2.45) is 0 Å². The van der Waals surface area contributed by atoms with Crippen LogP contribution in [-0.4, -0.2) is 7.11 Å². The minimum absolute atomic E-state index is 0.229. The largest absolute Gasteiger partial charge is 0.496 e. The minimum Gasteiger partial charge on any atom is -0.496 e. The molecule has 2 aromatic rings. The molecule has 2 rings (SSSR count). The highest BCUT2D eigenvalue weighted by Crippen LogP contribution is 2.26. The van der Waals surface area contributed by atoms with Crippen LogP contribution in [0.2, 0.25) is 0 Å². The summed E-state index contributed by atoms with van der Waals surface area (Å²) in [5.74, 6) is 0.554. The highest BCUT2D eigenvalue weighted by atomic mass is 79.9. The van der Waals surface area contributed by atoms with Gasteiger partial charge in [-0.05, 0) is 58.2 Å². The van der Waals surface area contributed by atoms with E-state index >= 15 is 0 Å². The number of benzene rings is 2. The van der Waals surface area contributed by atoms with Gasteiger partial charge in [0.05, 0.1) is 17.3 Å². The molecule has 0 aliphatic rings. The van der Waals surface area contributed by atoms with Crippen LogP contribution in [0.3, 0.4) is 0 Å². The fraction of sp³-hybridized carbons (Fsp3) is 0.200. The van der Waals surface area contributed by atoms with Gasteiger partial charge in [-0.25, -0.2) is 4.39 Å². The molecule has 0 spiro atoms. The molecule has 0 unspecified atom stereocenters. The lowest BCUT2D eigenvalue weighted by molar-refractivity contribution is 0.412. The summed E-state index contributed by atoms with van der Waals surface area (Å²) in [5, 5.41) is 3.08. The fourth-order valence-electron chi connectivity index (χ4n) is 1.78. The average Bonchev–Trinajstić information content (AvgIpc) is 2.38. The van der Waals surface area contributed by atoms with Crippen LogP contribution < -0.4 is 10.1 Å². The first-order valence-corrected chi connectivity index (χ1v) is 6.72. The van der Waals surface area contributed by atoms with E-state index in [9.17, 15) is 4.39 Å². The lowest BCUT2D eigenvalue weighted by Crippen LogP contribution is -2.01. The molecule has 0 atom stereocenters. The molecule has 4 heteroatoms. The summed E-state index contributed by atoms with van der Waals surface area (Å²) in [6.45, 7) is 2.43. The summed E-state index contributed by atoms with van der Waals surface area (Å²) in [6.07, 6.45) is 0. The van der Waals surface area contributed by atoms with Crippen LogP contribution in [0.5, 0.6) is 5.75 Å². The lowest BCUT2D eigenvalue weighted by atomic mass is 10.2. The zero-order chi connectivity index (χ0) is 13.8. The Kier molecular flexibility index (Phi) is 4.43. The van der Waals surface area contributed by atoms with Crippen molar-refractivity contribution >= 4 is 21.6 Å². The summed E-state index contributed by atoms with van der Waals surface area (Å²) < 4.78 is 19.7. The van der Waals surface area contributed by atoms with Crippen LogP contribution in [0.25, 0.3) is 0 Å². The Morgan fingerprint density at radius 2 is 2.00 bits per heavy atom. The monoisotopic (exact) mass is 323 g/mol. The summed E-state index contributed by atoms with van der Waals surface area (Å²) in [6, 6.07) is 10.9. The van der Waals surface area contributed by atoms with Gasteiger partial charge in [0.1, 0.15) is 11.6 Å². The predicted molar refractivity (Wildman–Crippen MR) is 79.2 cm³/mol. The van der Waals surface area contributed by atoms with Gasteiger partial charge >= 0.3 is 0 Å². The predicted octanol–water partition coefficient (Wildman–Crippen LogP) is 4.52. The number of hydrogen-bond donors (Lipinski definition) is 1. The topological polar surface area (TPSA) is 21.3 Å². The van der Waals surface area contributed by atoms with Crippen molar-refractivity contribution in [3.05, 3.63) is 57.8 Å². The highest BCUT2D eigenvalue weighted by molar-refractivity contribution is 9.10. The van der Waals surface area contributed by atoms with Crippen molar-refractivity contribution in [3.8, 4) is 5.75 Å². The molecule has 0 aliphatic carbocycles. The number of methoxy groups -OCH3 is 1. The first-order chi connectivity index (χ1) is 9.10. The minimum atomic E-state index is -0.229. The first-order valence-electron chi connectivity index (χ1n) is 5.92. The van der Waals surface area contributed by atoms with Gasteiger partial charge in [-0.2, -0.15) is 0 Å². The summed E-state index contributed by atoms with van der Waals surface area (Å²) >= 11 is 3.43.